The Hall–Kier alpha value is -3.95. The van der Waals surface area contributed by atoms with Crippen molar-refractivity contribution in [2.24, 2.45) is 5.73 Å². The van der Waals surface area contributed by atoms with Gasteiger partial charge in [-0.05, 0) is 61.2 Å². The predicted octanol–water partition coefficient (Wildman–Crippen LogP) is 9.89. The average Bonchev–Trinajstić information content (AvgIpc) is 2.98. The lowest BCUT2D eigenvalue weighted by Gasteiger charge is -2.31. The summed E-state index contributed by atoms with van der Waals surface area (Å²) in [5.41, 5.74) is 13.3. The topological polar surface area (TPSA) is 29.3 Å². The van der Waals surface area contributed by atoms with Crippen LogP contribution in [0.1, 0.15) is 50.2 Å². The molecule has 1 unspecified atom stereocenters. The second kappa shape index (κ2) is 11.8. The lowest BCUT2D eigenvalue weighted by Crippen LogP contribution is -2.38. The highest BCUT2D eigenvalue weighted by molar-refractivity contribution is 5.93. The number of nitrogens with zero attached hydrogens (tertiary/aromatic N) is 1. The third kappa shape index (κ3) is 5.74. The number of anilines is 3. The molecule has 0 aromatic heterocycles. The summed E-state index contributed by atoms with van der Waals surface area (Å²) < 4.78 is 16.4. The number of benzene rings is 4. The van der Waals surface area contributed by atoms with Crippen LogP contribution in [0.2, 0.25) is 0 Å². The van der Waals surface area contributed by atoms with Gasteiger partial charge in [-0.3, -0.25) is 0 Å². The quantitative estimate of drug-likeness (QED) is 0.224. The molecule has 0 spiro atoms. The van der Waals surface area contributed by atoms with Gasteiger partial charge >= 0.3 is 0 Å². The van der Waals surface area contributed by atoms with Gasteiger partial charge in [-0.2, -0.15) is 0 Å². The van der Waals surface area contributed by atoms with Crippen LogP contribution in [-0.2, 0) is 0 Å². The Morgan fingerprint density at radius 3 is 1.95 bits per heavy atom. The predicted molar refractivity (Wildman–Crippen MR) is 164 cm³/mol. The van der Waals surface area contributed by atoms with Gasteiger partial charge in [0, 0.05) is 33.6 Å². The van der Waals surface area contributed by atoms with Gasteiger partial charge in [0.1, 0.15) is 5.82 Å². The number of nitrogens with two attached hydrogens (primary N) is 1. The third-order valence-corrected chi connectivity index (χ3v) is 7.66. The number of rotatable bonds is 9. The summed E-state index contributed by atoms with van der Waals surface area (Å²) in [6.45, 7) is 4.10. The van der Waals surface area contributed by atoms with Gasteiger partial charge < -0.3 is 10.6 Å². The first kappa shape index (κ1) is 26.6. The summed E-state index contributed by atoms with van der Waals surface area (Å²) in [4.78, 5) is 2.16. The minimum atomic E-state index is -0.357. The standard InChI is InChI=1S/C36H37FN2/c1-3-4-14-23-36(38)24-21-29(22-25-36)32-26-33(28-15-8-5-9-16-28)35(27(2)34(32)37)39(30-17-10-6-11-18-30)31-19-12-7-13-20-31/h5-13,15-22,24,26H,3-4,14,23,25,38H2,1-2H3. The Morgan fingerprint density at radius 2 is 1.41 bits per heavy atom. The average molecular weight is 517 g/mol. The highest BCUT2D eigenvalue weighted by atomic mass is 19.1. The van der Waals surface area contributed by atoms with Gasteiger partial charge in [-0.15, -0.1) is 0 Å². The smallest absolute Gasteiger partial charge is 0.136 e. The summed E-state index contributed by atoms with van der Waals surface area (Å²) in [5.74, 6) is -0.201. The lowest BCUT2D eigenvalue weighted by molar-refractivity contribution is 0.460. The van der Waals surface area contributed by atoms with Crippen molar-refractivity contribution >= 4 is 22.6 Å². The molecule has 0 saturated carbocycles. The monoisotopic (exact) mass is 516 g/mol. The Morgan fingerprint density at radius 1 is 0.821 bits per heavy atom. The van der Waals surface area contributed by atoms with Crippen LogP contribution in [0.25, 0.3) is 16.7 Å². The first-order valence-electron chi connectivity index (χ1n) is 14.0. The molecule has 2 N–H and O–H groups in total. The van der Waals surface area contributed by atoms with E-state index < -0.39 is 0 Å². The van der Waals surface area contributed by atoms with E-state index in [-0.39, 0.29) is 11.4 Å². The molecule has 1 aliphatic rings. The molecule has 0 radical (unpaired) electrons. The molecule has 1 atom stereocenters. The Bertz CT molecular complexity index is 1420. The minimum Gasteiger partial charge on any atom is -0.322 e. The molecule has 0 bridgehead atoms. The van der Waals surface area contributed by atoms with Gasteiger partial charge in [0.05, 0.1) is 5.69 Å². The molecule has 4 aromatic carbocycles. The Kier molecular flexibility index (Phi) is 8.09. The fourth-order valence-corrected chi connectivity index (χ4v) is 5.46. The van der Waals surface area contributed by atoms with Crippen LogP contribution in [0.15, 0.2) is 115 Å². The van der Waals surface area contributed by atoms with E-state index in [1.807, 2.05) is 73.7 Å². The van der Waals surface area contributed by atoms with Crippen molar-refractivity contribution in [3.63, 3.8) is 0 Å². The maximum Gasteiger partial charge on any atom is 0.136 e. The highest BCUT2D eigenvalue weighted by Gasteiger charge is 2.27. The zero-order valence-electron chi connectivity index (χ0n) is 22.9. The van der Waals surface area contributed by atoms with Crippen LogP contribution in [-0.4, -0.2) is 5.54 Å². The van der Waals surface area contributed by atoms with Crippen molar-refractivity contribution in [2.75, 3.05) is 4.90 Å². The Labute approximate surface area is 232 Å². The van der Waals surface area contributed by atoms with E-state index in [1.54, 1.807) is 0 Å². The van der Waals surface area contributed by atoms with Gasteiger partial charge in [-0.25, -0.2) is 4.39 Å². The first-order chi connectivity index (χ1) is 19.0. The van der Waals surface area contributed by atoms with Crippen LogP contribution < -0.4 is 10.6 Å². The van der Waals surface area contributed by atoms with Gasteiger partial charge in [0.15, 0.2) is 0 Å². The van der Waals surface area contributed by atoms with E-state index in [4.69, 9.17) is 5.73 Å². The first-order valence-corrected chi connectivity index (χ1v) is 14.0. The Balaban J connectivity index is 1.66. The molecule has 198 valence electrons. The van der Waals surface area contributed by atoms with Crippen molar-refractivity contribution in [1.29, 1.82) is 0 Å². The van der Waals surface area contributed by atoms with E-state index in [2.05, 4.69) is 60.4 Å². The van der Waals surface area contributed by atoms with Crippen molar-refractivity contribution in [3.05, 3.63) is 132 Å². The second-order valence-corrected chi connectivity index (χ2v) is 10.5. The molecule has 0 fully saturated rings. The maximum absolute atomic E-state index is 16.4. The summed E-state index contributed by atoms with van der Waals surface area (Å²) >= 11 is 0. The zero-order chi connectivity index (χ0) is 27.2. The van der Waals surface area contributed by atoms with Crippen molar-refractivity contribution in [1.82, 2.24) is 0 Å². The highest BCUT2D eigenvalue weighted by Crippen LogP contribution is 2.45. The van der Waals surface area contributed by atoms with E-state index in [0.29, 0.717) is 17.5 Å². The van der Waals surface area contributed by atoms with E-state index in [1.165, 1.54) is 12.8 Å². The molecule has 4 aromatic rings. The molecule has 1 aliphatic carbocycles. The zero-order valence-corrected chi connectivity index (χ0v) is 22.9. The number of unbranched alkanes of at least 4 members (excludes halogenated alkanes) is 2. The van der Waals surface area contributed by atoms with Gasteiger partial charge in [0.2, 0.25) is 0 Å². The fraction of sp³-hybridized carbons (Fsp3) is 0.222. The molecular formula is C36H37FN2. The third-order valence-electron chi connectivity index (χ3n) is 7.66. The van der Waals surface area contributed by atoms with E-state index >= 15 is 4.39 Å². The van der Waals surface area contributed by atoms with Crippen LogP contribution in [0, 0.1) is 12.7 Å². The second-order valence-electron chi connectivity index (χ2n) is 10.5. The molecule has 0 saturated heterocycles. The minimum absolute atomic E-state index is 0.201. The van der Waals surface area contributed by atoms with Crippen molar-refractivity contribution in [2.45, 2.75) is 51.5 Å². The molecule has 3 heteroatoms. The molecule has 5 rings (SSSR count). The molecule has 39 heavy (non-hydrogen) atoms. The van der Waals surface area contributed by atoms with Crippen molar-refractivity contribution in [3.8, 4) is 11.1 Å². The number of para-hydroxylation sites is 2. The fourth-order valence-electron chi connectivity index (χ4n) is 5.46. The number of hydrogen-bond donors (Lipinski definition) is 1. The normalized spacial score (nSPS) is 16.7. The SMILES string of the molecule is CCCCCC1(N)C=CC(c2cc(-c3ccccc3)c(N(c3ccccc3)c3ccccc3)c(C)c2F)=CC1. The summed E-state index contributed by atoms with van der Waals surface area (Å²) in [5, 5.41) is 0. The lowest BCUT2D eigenvalue weighted by atomic mass is 9.82. The van der Waals surface area contributed by atoms with Crippen molar-refractivity contribution < 1.29 is 4.39 Å². The summed E-state index contributed by atoms with van der Waals surface area (Å²) in [6, 6.07) is 32.6. The van der Waals surface area contributed by atoms with Crippen LogP contribution in [0.5, 0.6) is 0 Å². The summed E-state index contributed by atoms with van der Waals surface area (Å²) in [7, 11) is 0. The molecule has 2 nitrogen and oxygen atoms in total. The van der Waals surface area contributed by atoms with Gasteiger partial charge in [0.25, 0.3) is 0 Å². The van der Waals surface area contributed by atoms with Crippen LogP contribution in [0.4, 0.5) is 21.5 Å². The molecular weight excluding hydrogens is 479 g/mol. The molecule has 0 amide bonds. The van der Waals surface area contributed by atoms with Gasteiger partial charge in [-0.1, -0.05) is 111 Å². The molecule has 0 heterocycles. The maximum atomic E-state index is 16.4. The molecule has 0 aliphatic heterocycles. The van der Waals surface area contributed by atoms with Crippen LogP contribution >= 0.6 is 0 Å². The number of allylic oxidation sites excluding steroid dienone is 2. The number of halogens is 1. The van der Waals surface area contributed by atoms with E-state index in [0.717, 1.165) is 46.6 Å². The largest absolute Gasteiger partial charge is 0.322 e. The number of hydrogen-bond acceptors (Lipinski definition) is 2. The van der Waals surface area contributed by atoms with Crippen LogP contribution in [0.3, 0.4) is 0 Å². The van der Waals surface area contributed by atoms with E-state index in [9.17, 15) is 0 Å². The summed E-state index contributed by atoms with van der Waals surface area (Å²) in [6.07, 6.45) is 11.3.